The lowest BCUT2D eigenvalue weighted by atomic mass is 9.94. The van der Waals surface area contributed by atoms with Crippen molar-refractivity contribution in [3.63, 3.8) is 0 Å². The highest BCUT2D eigenvalue weighted by molar-refractivity contribution is 6.64. The second-order valence-corrected chi connectivity index (χ2v) is 3.76. The second-order valence-electron chi connectivity index (χ2n) is 3.43. The molecular formula is C9H14ClNO2. The summed E-state index contributed by atoms with van der Waals surface area (Å²) in [5.74, 6) is -0.244. The molecule has 1 aliphatic carbocycles. The fourth-order valence-electron chi connectivity index (χ4n) is 1.86. The summed E-state index contributed by atoms with van der Waals surface area (Å²) in [4.78, 5) is 23.2. The van der Waals surface area contributed by atoms with Crippen LogP contribution in [0.25, 0.3) is 0 Å². The van der Waals surface area contributed by atoms with Crippen LogP contribution in [0.3, 0.4) is 0 Å². The van der Waals surface area contributed by atoms with E-state index in [-0.39, 0.29) is 11.9 Å². The minimum absolute atomic E-state index is 0.0382. The zero-order chi connectivity index (χ0) is 9.84. The second kappa shape index (κ2) is 4.61. The molecule has 0 atom stereocenters. The highest BCUT2D eigenvalue weighted by atomic mass is 35.5. The van der Waals surface area contributed by atoms with Gasteiger partial charge in [0.1, 0.15) is 0 Å². The summed E-state index contributed by atoms with van der Waals surface area (Å²) < 4.78 is 0. The third-order valence-electron chi connectivity index (χ3n) is 2.47. The summed E-state index contributed by atoms with van der Waals surface area (Å²) in [5, 5.41) is -0.639. The van der Waals surface area contributed by atoms with Crippen LogP contribution < -0.4 is 0 Å². The Labute approximate surface area is 83.0 Å². The number of hydrogen-bond acceptors (Lipinski definition) is 2. The summed E-state index contributed by atoms with van der Waals surface area (Å²) in [6.45, 7) is 1.38. The third kappa shape index (κ3) is 2.69. The Hall–Kier alpha value is -0.570. The zero-order valence-corrected chi connectivity index (χ0v) is 8.51. The number of hydrogen-bond donors (Lipinski definition) is 0. The molecular weight excluding hydrogens is 190 g/mol. The average Bonchev–Trinajstić information content (AvgIpc) is 2.04. The van der Waals surface area contributed by atoms with Gasteiger partial charge < -0.3 is 0 Å². The number of carbonyl (C=O) groups excluding carboxylic acids is 2. The van der Waals surface area contributed by atoms with Gasteiger partial charge >= 0.3 is 5.37 Å². The van der Waals surface area contributed by atoms with E-state index in [0.29, 0.717) is 0 Å². The first-order valence-electron chi connectivity index (χ1n) is 4.62. The van der Waals surface area contributed by atoms with Gasteiger partial charge in [-0.05, 0) is 24.4 Å². The highest BCUT2D eigenvalue weighted by Crippen LogP contribution is 2.23. The van der Waals surface area contributed by atoms with Gasteiger partial charge in [0.05, 0.1) is 0 Å². The predicted octanol–water partition coefficient (Wildman–Crippen LogP) is 2.53. The van der Waals surface area contributed by atoms with E-state index in [1.165, 1.54) is 18.2 Å². The van der Waals surface area contributed by atoms with Gasteiger partial charge in [-0.15, -0.1) is 0 Å². The smallest absolute Gasteiger partial charge is 0.275 e. The van der Waals surface area contributed by atoms with E-state index in [2.05, 4.69) is 0 Å². The Bertz CT molecular complexity index is 198. The van der Waals surface area contributed by atoms with Crippen molar-refractivity contribution in [3.8, 4) is 0 Å². The van der Waals surface area contributed by atoms with Crippen LogP contribution in [0.1, 0.15) is 39.0 Å². The molecule has 4 heteroatoms. The Balaban J connectivity index is 2.62. The molecule has 0 aromatic rings. The maximum absolute atomic E-state index is 11.1. The molecule has 0 heterocycles. The molecule has 0 spiro atoms. The van der Waals surface area contributed by atoms with Crippen molar-refractivity contribution in [2.24, 2.45) is 0 Å². The number of carbonyl (C=O) groups is 2. The van der Waals surface area contributed by atoms with Gasteiger partial charge in [-0.2, -0.15) is 0 Å². The van der Waals surface area contributed by atoms with Crippen molar-refractivity contribution in [1.82, 2.24) is 4.90 Å². The first kappa shape index (κ1) is 10.5. The Morgan fingerprint density at radius 1 is 1.23 bits per heavy atom. The van der Waals surface area contributed by atoms with Crippen LogP contribution in [0.2, 0.25) is 0 Å². The molecule has 1 saturated carbocycles. The van der Waals surface area contributed by atoms with Crippen molar-refractivity contribution in [1.29, 1.82) is 0 Å². The fourth-order valence-corrected chi connectivity index (χ4v) is 2.12. The van der Waals surface area contributed by atoms with E-state index in [4.69, 9.17) is 11.6 Å². The lowest BCUT2D eigenvalue weighted by molar-refractivity contribution is -0.127. The van der Waals surface area contributed by atoms with Crippen LogP contribution in [0.15, 0.2) is 0 Å². The number of rotatable bonds is 1. The highest BCUT2D eigenvalue weighted by Gasteiger charge is 2.27. The lowest BCUT2D eigenvalue weighted by Crippen LogP contribution is -2.41. The van der Waals surface area contributed by atoms with Crippen LogP contribution >= 0.6 is 11.6 Å². The van der Waals surface area contributed by atoms with E-state index in [1.54, 1.807) is 0 Å². The van der Waals surface area contributed by atoms with Gasteiger partial charge in [-0.25, -0.2) is 0 Å². The first-order chi connectivity index (χ1) is 6.13. The molecule has 13 heavy (non-hydrogen) atoms. The SMILES string of the molecule is CC(=O)N(C(=O)Cl)C1CCCCC1. The van der Waals surface area contributed by atoms with Crippen LogP contribution in [0.4, 0.5) is 4.79 Å². The first-order valence-corrected chi connectivity index (χ1v) is 5.00. The zero-order valence-electron chi connectivity index (χ0n) is 7.75. The van der Waals surface area contributed by atoms with Crippen LogP contribution in [0.5, 0.6) is 0 Å². The molecule has 0 saturated heterocycles. The standard InChI is InChI=1S/C9H14ClNO2/c1-7(12)11(9(10)13)8-5-3-2-4-6-8/h8H,2-6H2,1H3. The molecule has 0 unspecified atom stereocenters. The van der Waals surface area contributed by atoms with Gasteiger partial charge in [0.15, 0.2) is 0 Å². The molecule has 0 bridgehead atoms. The van der Waals surface area contributed by atoms with E-state index < -0.39 is 5.37 Å². The molecule has 1 fully saturated rings. The quantitative estimate of drug-likeness (QED) is 0.485. The van der Waals surface area contributed by atoms with Gasteiger partial charge in [-0.3, -0.25) is 14.5 Å². The number of imide groups is 1. The monoisotopic (exact) mass is 203 g/mol. The molecule has 0 aliphatic heterocycles. The lowest BCUT2D eigenvalue weighted by Gasteiger charge is -2.30. The molecule has 1 aliphatic rings. The van der Waals surface area contributed by atoms with E-state index in [0.717, 1.165) is 25.7 Å². The van der Waals surface area contributed by atoms with Crippen molar-refractivity contribution in [2.75, 3.05) is 0 Å². The Morgan fingerprint density at radius 3 is 2.15 bits per heavy atom. The molecule has 0 aromatic carbocycles. The maximum Gasteiger partial charge on any atom is 0.323 e. The summed E-state index contributed by atoms with van der Waals surface area (Å²) in [5.41, 5.74) is 0. The summed E-state index contributed by atoms with van der Waals surface area (Å²) in [7, 11) is 0. The van der Waals surface area contributed by atoms with Gasteiger partial charge in [0.25, 0.3) is 0 Å². The number of amides is 2. The Morgan fingerprint density at radius 2 is 1.77 bits per heavy atom. The molecule has 1 rings (SSSR count). The van der Waals surface area contributed by atoms with Crippen molar-refractivity contribution in [3.05, 3.63) is 0 Å². The van der Waals surface area contributed by atoms with E-state index >= 15 is 0 Å². The van der Waals surface area contributed by atoms with Gasteiger partial charge in [0, 0.05) is 13.0 Å². The average molecular weight is 204 g/mol. The molecule has 74 valence electrons. The minimum atomic E-state index is -0.639. The topological polar surface area (TPSA) is 37.4 Å². The van der Waals surface area contributed by atoms with Crippen molar-refractivity contribution < 1.29 is 9.59 Å². The normalized spacial score (nSPS) is 18.3. The molecule has 2 amide bonds. The predicted molar refractivity (Wildman–Crippen MR) is 50.6 cm³/mol. The molecule has 3 nitrogen and oxygen atoms in total. The molecule has 0 radical (unpaired) electrons. The number of halogens is 1. The number of nitrogens with zero attached hydrogens (tertiary/aromatic N) is 1. The third-order valence-corrected chi connectivity index (χ3v) is 2.65. The largest absolute Gasteiger partial charge is 0.323 e. The van der Waals surface area contributed by atoms with Gasteiger partial charge in [0.2, 0.25) is 5.91 Å². The van der Waals surface area contributed by atoms with Crippen LogP contribution in [-0.2, 0) is 4.79 Å². The fraction of sp³-hybridized carbons (Fsp3) is 0.778. The summed E-state index contributed by atoms with van der Waals surface area (Å²) >= 11 is 5.34. The summed E-state index contributed by atoms with van der Waals surface area (Å²) in [6, 6.07) is 0.0382. The molecule has 0 aromatic heterocycles. The molecule has 0 N–H and O–H groups in total. The van der Waals surface area contributed by atoms with Gasteiger partial charge in [-0.1, -0.05) is 19.3 Å². The van der Waals surface area contributed by atoms with Crippen LogP contribution in [0, 0.1) is 0 Å². The van der Waals surface area contributed by atoms with Crippen molar-refractivity contribution in [2.45, 2.75) is 45.1 Å². The van der Waals surface area contributed by atoms with Crippen LogP contribution in [-0.4, -0.2) is 22.2 Å². The maximum atomic E-state index is 11.1. The minimum Gasteiger partial charge on any atom is -0.275 e. The van der Waals surface area contributed by atoms with E-state index in [1.807, 2.05) is 0 Å². The van der Waals surface area contributed by atoms with E-state index in [9.17, 15) is 9.59 Å². The summed E-state index contributed by atoms with van der Waals surface area (Å²) in [6.07, 6.45) is 5.16. The Kier molecular flexibility index (Phi) is 3.72. The van der Waals surface area contributed by atoms with Crippen molar-refractivity contribution >= 4 is 22.9 Å².